The molecule has 1 aromatic carbocycles. The van der Waals surface area contributed by atoms with E-state index in [1.165, 1.54) is 6.26 Å². The van der Waals surface area contributed by atoms with Crippen molar-refractivity contribution in [2.24, 2.45) is 0 Å². The molecule has 0 saturated heterocycles. The molecule has 0 aliphatic heterocycles. The Morgan fingerprint density at radius 1 is 1.38 bits per heavy atom. The third-order valence-corrected chi connectivity index (χ3v) is 3.74. The van der Waals surface area contributed by atoms with Gasteiger partial charge in [0.2, 0.25) is 0 Å². The number of methoxy groups -OCH3 is 1. The highest BCUT2D eigenvalue weighted by Crippen LogP contribution is 2.19. The molecule has 0 unspecified atom stereocenters. The highest BCUT2D eigenvalue weighted by atomic mass is 16.5. The van der Waals surface area contributed by atoms with Crippen LogP contribution in [-0.2, 0) is 6.54 Å². The number of carbonyl (C=O) groups is 1. The zero-order valence-electron chi connectivity index (χ0n) is 14.2. The minimum Gasteiger partial charge on any atom is -0.496 e. The van der Waals surface area contributed by atoms with Crippen molar-refractivity contribution in [1.29, 1.82) is 0 Å². The number of hydrogen-bond acceptors (Lipinski definition) is 4. The van der Waals surface area contributed by atoms with Gasteiger partial charge in [0.25, 0.3) is 0 Å². The quantitative estimate of drug-likeness (QED) is 0.728. The third kappa shape index (κ3) is 5.03. The molecule has 0 bridgehead atoms. The number of aryl methyl sites for hydroxylation is 1. The third-order valence-electron chi connectivity index (χ3n) is 3.74. The minimum absolute atomic E-state index is 0.192. The Morgan fingerprint density at radius 2 is 2.17 bits per heavy atom. The van der Waals surface area contributed by atoms with Crippen LogP contribution in [0, 0.1) is 6.92 Å². The molecule has 0 saturated carbocycles. The lowest BCUT2D eigenvalue weighted by atomic mass is 10.1. The van der Waals surface area contributed by atoms with E-state index < -0.39 is 6.10 Å². The van der Waals surface area contributed by atoms with Crippen molar-refractivity contribution in [3.63, 3.8) is 0 Å². The summed E-state index contributed by atoms with van der Waals surface area (Å²) in [6.07, 6.45) is 1.16. The molecule has 1 aromatic heterocycles. The smallest absolute Gasteiger partial charge is 0.315 e. The summed E-state index contributed by atoms with van der Waals surface area (Å²) in [6.45, 7) is 4.22. The Bertz CT molecular complexity index is 655. The number of aliphatic hydroxyl groups is 1. The van der Waals surface area contributed by atoms with E-state index >= 15 is 0 Å². The fraction of sp³-hybridized carbons (Fsp3) is 0.389. The molecular weight excluding hydrogens is 308 g/mol. The van der Waals surface area contributed by atoms with Gasteiger partial charge >= 0.3 is 6.03 Å². The average molecular weight is 332 g/mol. The number of furan rings is 1. The van der Waals surface area contributed by atoms with Gasteiger partial charge < -0.3 is 24.9 Å². The summed E-state index contributed by atoms with van der Waals surface area (Å²) < 4.78 is 10.4. The number of urea groups is 1. The van der Waals surface area contributed by atoms with Crippen LogP contribution in [-0.4, -0.2) is 24.3 Å². The van der Waals surface area contributed by atoms with Crippen molar-refractivity contribution < 1.29 is 19.1 Å². The molecule has 2 aromatic rings. The van der Waals surface area contributed by atoms with E-state index in [0.29, 0.717) is 18.7 Å². The lowest BCUT2D eigenvalue weighted by Crippen LogP contribution is -2.41. The average Bonchev–Trinajstić information content (AvgIpc) is 3.07. The van der Waals surface area contributed by atoms with Crippen LogP contribution in [0.2, 0.25) is 0 Å². The molecular formula is C18H24N2O4. The fourth-order valence-corrected chi connectivity index (χ4v) is 2.50. The first kappa shape index (κ1) is 17.9. The second kappa shape index (κ2) is 8.40. The summed E-state index contributed by atoms with van der Waals surface area (Å²) in [7, 11) is 1.63. The van der Waals surface area contributed by atoms with Crippen LogP contribution in [0.5, 0.6) is 5.75 Å². The maximum atomic E-state index is 12.0. The first-order valence-electron chi connectivity index (χ1n) is 7.89. The van der Waals surface area contributed by atoms with Gasteiger partial charge in [0, 0.05) is 19.0 Å². The summed E-state index contributed by atoms with van der Waals surface area (Å²) in [5.74, 6) is 1.32. The largest absolute Gasteiger partial charge is 0.496 e. The van der Waals surface area contributed by atoms with Gasteiger partial charge in [0.15, 0.2) is 0 Å². The van der Waals surface area contributed by atoms with Gasteiger partial charge in [0.05, 0.1) is 13.4 Å². The van der Waals surface area contributed by atoms with E-state index in [2.05, 4.69) is 10.6 Å². The molecule has 130 valence electrons. The highest BCUT2D eigenvalue weighted by molar-refractivity contribution is 5.74. The molecule has 2 rings (SSSR count). The molecule has 6 heteroatoms. The first-order valence-corrected chi connectivity index (χ1v) is 7.89. The fourth-order valence-electron chi connectivity index (χ4n) is 2.50. The predicted octanol–water partition coefficient (Wildman–Crippen LogP) is 2.91. The van der Waals surface area contributed by atoms with Gasteiger partial charge in [-0.1, -0.05) is 12.1 Å². The van der Waals surface area contributed by atoms with Crippen molar-refractivity contribution in [3.8, 4) is 5.75 Å². The van der Waals surface area contributed by atoms with Crippen molar-refractivity contribution in [2.45, 2.75) is 39.0 Å². The Hall–Kier alpha value is -2.47. The molecule has 0 radical (unpaired) electrons. The summed E-state index contributed by atoms with van der Waals surface area (Å²) in [6, 6.07) is 8.74. The van der Waals surface area contributed by atoms with Gasteiger partial charge in [-0.05, 0) is 43.2 Å². The van der Waals surface area contributed by atoms with Gasteiger partial charge in [0.1, 0.15) is 17.6 Å². The second-order valence-electron chi connectivity index (χ2n) is 5.80. The number of aliphatic hydroxyl groups excluding tert-OH is 1. The molecule has 24 heavy (non-hydrogen) atoms. The van der Waals surface area contributed by atoms with Gasteiger partial charge in [-0.2, -0.15) is 0 Å². The van der Waals surface area contributed by atoms with E-state index in [1.807, 2.05) is 32.0 Å². The van der Waals surface area contributed by atoms with Crippen LogP contribution >= 0.6 is 0 Å². The summed E-state index contributed by atoms with van der Waals surface area (Å²) in [4.78, 5) is 12.0. The van der Waals surface area contributed by atoms with Gasteiger partial charge in [-0.25, -0.2) is 4.79 Å². The first-order chi connectivity index (χ1) is 11.5. The van der Waals surface area contributed by atoms with Crippen LogP contribution < -0.4 is 15.4 Å². The van der Waals surface area contributed by atoms with Crippen LogP contribution in [0.15, 0.2) is 41.0 Å². The van der Waals surface area contributed by atoms with Crippen molar-refractivity contribution >= 4 is 6.03 Å². The number of amides is 2. The Morgan fingerprint density at radius 3 is 2.79 bits per heavy atom. The molecule has 2 amide bonds. The molecule has 0 aliphatic rings. The van der Waals surface area contributed by atoms with Crippen LogP contribution in [0.25, 0.3) is 0 Å². The van der Waals surface area contributed by atoms with Crippen molar-refractivity contribution in [2.75, 3.05) is 7.11 Å². The zero-order chi connectivity index (χ0) is 17.5. The monoisotopic (exact) mass is 332 g/mol. The molecule has 6 nitrogen and oxygen atoms in total. The van der Waals surface area contributed by atoms with Gasteiger partial charge in [-0.15, -0.1) is 0 Å². The van der Waals surface area contributed by atoms with Crippen molar-refractivity contribution in [3.05, 3.63) is 53.5 Å². The lowest BCUT2D eigenvalue weighted by Gasteiger charge is -2.17. The molecule has 3 N–H and O–H groups in total. The zero-order valence-corrected chi connectivity index (χ0v) is 14.2. The number of ether oxygens (including phenoxy) is 1. The van der Waals surface area contributed by atoms with Crippen LogP contribution in [0.1, 0.15) is 36.3 Å². The normalized spacial score (nSPS) is 13.2. The number of hydrogen-bond donors (Lipinski definition) is 3. The lowest BCUT2D eigenvalue weighted by molar-refractivity contribution is 0.129. The molecule has 2 atom stereocenters. The number of rotatable bonds is 7. The van der Waals surface area contributed by atoms with E-state index in [0.717, 1.165) is 16.9 Å². The molecule has 0 aliphatic carbocycles. The van der Waals surface area contributed by atoms with Crippen LogP contribution in [0.4, 0.5) is 4.79 Å². The maximum absolute atomic E-state index is 12.0. The van der Waals surface area contributed by atoms with E-state index in [1.54, 1.807) is 19.2 Å². The summed E-state index contributed by atoms with van der Waals surface area (Å²) >= 11 is 0. The summed E-state index contributed by atoms with van der Waals surface area (Å²) in [5.41, 5.74) is 2.01. The highest BCUT2D eigenvalue weighted by Gasteiger charge is 2.16. The van der Waals surface area contributed by atoms with E-state index in [9.17, 15) is 9.90 Å². The Kier molecular flexibility index (Phi) is 6.26. The second-order valence-corrected chi connectivity index (χ2v) is 5.80. The standard InChI is InChI=1S/C18H24N2O4/c1-12-9-14(6-7-16(12)23-3)11-19-18(22)20-13(2)10-15(21)17-5-4-8-24-17/h4-9,13,15,21H,10-11H2,1-3H3,(H2,19,20,22)/t13-,15+/m0/s1. The molecule has 0 fully saturated rings. The van der Waals surface area contributed by atoms with E-state index in [4.69, 9.17) is 9.15 Å². The number of carbonyl (C=O) groups excluding carboxylic acids is 1. The van der Waals surface area contributed by atoms with Crippen molar-refractivity contribution in [1.82, 2.24) is 10.6 Å². The van der Waals surface area contributed by atoms with Gasteiger partial charge in [-0.3, -0.25) is 0 Å². The van der Waals surface area contributed by atoms with Crippen LogP contribution in [0.3, 0.4) is 0 Å². The summed E-state index contributed by atoms with van der Waals surface area (Å²) in [5, 5.41) is 15.6. The Balaban J connectivity index is 1.77. The molecule has 0 spiro atoms. The Labute approximate surface area is 141 Å². The number of nitrogens with one attached hydrogen (secondary N) is 2. The van der Waals surface area contributed by atoms with E-state index in [-0.39, 0.29) is 12.1 Å². The topological polar surface area (TPSA) is 83.7 Å². The molecule has 1 heterocycles. The SMILES string of the molecule is COc1ccc(CNC(=O)N[C@@H](C)C[C@@H](O)c2ccco2)cc1C. The predicted molar refractivity (Wildman–Crippen MR) is 90.8 cm³/mol. The minimum atomic E-state index is -0.737. The number of benzene rings is 1. The maximum Gasteiger partial charge on any atom is 0.315 e.